The lowest BCUT2D eigenvalue weighted by Gasteiger charge is -2.57. The molecular weight excluding hydrogens is 320 g/mol. The number of allylic oxidation sites excluding steroid dienone is 3. The highest BCUT2D eigenvalue weighted by Crippen LogP contribution is 2.69. The molecule has 0 radical (unpaired) electrons. The van der Waals surface area contributed by atoms with Crippen molar-refractivity contribution in [3.8, 4) is 0 Å². The molecule has 5 aliphatic rings. The topological polar surface area (TPSA) is 83.8 Å². The van der Waals surface area contributed by atoms with Gasteiger partial charge in [0.2, 0.25) is 0 Å². The van der Waals surface area contributed by atoms with Gasteiger partial charge < -0.3 is 14.9 Å². The number of hydrogen-bond acceptors (Lipinski definition) is 4. The second kappa shape index (κ2) is 4.83. The predicted molar refractivity (Wildman–Crippen MR) is 88.6 cm³/mol. The second-order valence-corrected chi connectivity index (χ2v) is 8.92. The van der Waals surface area contributed by atoms with Crippen LogP contribution in [0, 0.1) is 34.5 Å². The number of carbonyl (C=O) groups excluding carboxylic acids is 1. The van der Waals surface area contributed by atoms with E-state index < -0.39 is 12.1 Å². The molecule has 1 saturated heterocycles. The molecule has 4 aliphatic carbocycles. The molecule has 1 heterocycles. The summed E-state index contributed by atoms with van der Waals surface area (Å²) in [7, 11) is 0. The van der Waals surface area contributed by atoms with Crippen molar-refractivity contribution in [2.45, 2.75) is 44.8 Å². The van der Waals surface area contributed by atoms with Gasteiger partial charge in [0, 0.05) is 16.7 Å². The van der Waals surface area contributed by atoms with Crippen molar-refractivity contribution in [3.63, 3.8) is 0 Å². The van der Waals surface area contributed by atoms with Crippen LogP contribution in [0.3, 0.4) is 0 Å². The van der Waals surface area contributed by atoms with Crippen LogP contribution < -0.4 is 0 Å². The first-order valence-electron chi connectivity index (χ1n) is 9.34. The van der Waals surface area contributed by atoms with Crippen molar-refractivity contribution in [1.29, 1.82) is 0 Å². The molecule has 134 valence electrons. The number of aliphatic hydroxyl groups is 1. The fourth-order valence-electron chi connectivity index (χ4n) is 7.20. The average molecular weight is 344 g/mol. The molecule has 2 N–H and O–H groups in total. The Kier molecular flexibility index (Phi) is 3.05. The van der Waals surface area contributed by atoms with E-state index in [9.17, 15) is 19.8 Å². The molecule has 4 fully saturated rings. The Morgan fingerprint density at radius 3 is 2.92 bits per heavy atom. The zero-order chi connectivity index (χ0) is 17.6. The maximum Gasteiger partial charge on any atom is 0.307 e. The molecule has 1 unspecified atom stereocenters. The third-order valence-corrected chi connectivity index (χ3v) is 8.08. The van der Waals surface area contributed by atoms with E-state index in [1.54, 1.807) is 12.2 Å². The summed E-state index contributed by atoms with van der Waals surface area (Å²) in [6, 6.07) is 0. The third-order valence-electron chi connectivity index (χ3n) is 8.08. The van der Waals surface area contributed by atoms with Crippen LogP contribution >= 0.6 is 0 Å². The maximum atomic E-state index is 11.9. The summed E-state index contributed by atoms with van der Waals surface area (Å²) < 4.78 is 6.22. The highest BCUT2D eigenvalue weighted by molar-refractivity contribution is 6.01. The van der Waals surface area contributed by atoms with E-state index in [-0.39, 0.29) is 46.4 Å². The molecule has 0 aromatic rings. The Balaban J connectivity index is 1.60. The zero-order valence-electron chi connectivity index (χ0n) is 14.4. The van der Waals surface area contributed by atoms with Crippen LogP contribution in [0.25, 0.3) is 0 Å². The minimum Gasteiger partial charge on any atom is -0.481 e. The Hall–Kier alpha value is -1.46. The lowest BCUT2D eigenvalue weighted by Crippen LogP contribution is -2.56. The smallest absolute Gasteiger partial charge is 0.307 e. The average Bonchev–Trinajstić information content (AvgIpc) is 3.12. The van der Waals surface area contributed by atoms with Crippen LogP contribution in [0.1, 0.15) is 32.6 Å². The number of fused-ring (bicyclic) bond motifs is 6. The molecule has 2 bridgehead atoms. The van der Waals surface area contributed by atoms with Crippen molar-refractivity contribution < 1.29 is 24.5 Å². The van der Waals surface area contributed by atoms with E-state index in [0.29, 0.717) is 19.4 Å². The Bertz CT molecular complexity index is 724. The summed E-state index contributed by atoms with van der Waals surface area (Å²) in [6.45, 7) is 2.64. The minimum absolute atomic E-state index is 0.0138. The first-order valence-corrected chi connectivity index (χ1v) is 9.34. The van der Waals surface area contributed by atoms with Gasteiger partial charge in [-0.3, -0.25) is 9.59 Å². The van der Waals surface area contributed by atoms with Crippen molar-refractivity contribution >= 4 is 11.8 Å². The molecule has 25 heavy (non-hydrogen) atoms. The van der Waals surface area contributed by atoms with Crippen LogP contribution in [0.15, 0.2) is 23.8 Å². The van der Waals surface area contributed by atoms with Crippen LogP contribution in [0.5, 0.6) is 0 Å². The quantitative estimate of drug-likeness (QED) is 0.760. The monoisotopic (exact) mass is 344 g/mol. The van der Waals surface area contributed by atoms with E-state index in [1.807, 2.05) is 6.08 Å². The lowest BCUT2D eigenvalue weighted by atomic mass is 9.47. The van der Waals surface area contributed by atoms with Crippen molar-refractivity contribution in [1.82, 2.24) is 0 Å². The molecule has 5 rings (SSSR count). The van der Waals surface area contributed by atoms with Gasteiger partial charge in [-0.1, -0.05) is 13.0 Å². The molecule has 1 spiro atoms. The first-order chi connectivity index (χ1) is 11.9. The zero-order valence-corrected chi connectivity index (χ0v) is 14.4. The third kappa shape index (κ3) is 1.81. The normalized spacial score (nSPS) is 53.0. The highest BCUT2D eigenvalue weighted by atomic mass is 16.5. The van der Waals surface area contributed by atoms with Crippen LogP contribution in [0.4, 0.5) is 0 Å². The number of rotatable bonds is 1. The summed E-state index contributed by atoms with van der Waals surface area (Å²) in [6.07, 6.45) is 7.60. The van der Waals surface area contributed by atoms with Crippen molar-refractivity contribution in [2.75, 3.05) is 6.61 Å². The van der Waals surface area contributed by atoms with Gasteiger partial charge in [0.15, 0.2) is 5.78 Å². The second-order valence-electron chi connectivity index (χ2n) is 8.92. The molecule has 0 aromatic carbocycles. The van der Waals surface area contributed by atoms with Gasteiger partial charge in [0.05, 0.1) is 24.7 Å². The number of carboxylic acids is 1. The van der Waals surface area contributed by atoms with Gasteiger partial charge in [0.1, 0.15) is 0 Å². The summed E-state index contributed by atoms with van der Waals surface area (Å²) in [5.41, 5.74) is 0.180. The van der Waals surface area contributed by atoms with Gasteiger partial charge >= 0.3 is 5.97 Å². The minimum atomic E-state index is -0.698. The number of ether oxygens (including phenoxy) is 1. The summed E-state index contributed by atoms with van der Waals surface area (Å²) >= 11 is 0. The molecule has 1 aliphatic heterocycles. The number of carboxylic acid groups (broad SMARTS) is 1. The molecule has 0 amide bonds. The first kappa shape index (κ1) is 15.8. The van der Waals surface area contributed by atoms with Gasteiger partial charge in [-0.15, -0.1) is 0 Å². The summed E-state index contributed by atoms with van der Waals surface area (Å²) in [4.78, 5) is 23.7. The highest BCUT2D eigenvalue weighted by Gasteiger charge is 2.68. The largest absolute Gasteiger partial charge is 0.481 e. The number of carbonyl (C=O) groups is 2. The SMILES string of the molecule is C[C@]12C=CC(=O)C=C1[C@H](O)C[C@@H]1[C@@H]2[C@@H]2CC3(CO2)[C@@H](C(=O)O)CC[C@@H]13. The van der Waals surface area contributed by atoms with Crippen LogP contribution in [-0.2, 0) is 14.3 Å². The number of ketones is 1. The van der Waals surface area contributed by atoms with E-state index >= 15 is 0 Å². The Morgan fingerprint density at radius 2 is 2.16 bits per heavy atom. The molecule has 3 saturated carbocycles. The Morgan fingerprint density at radius 1 is 1.36 bits per heavy atom. The molecule has 5 nitrogen and oxygen atoms in total. The number of hydrogen-bond donors (Lipinski definition) is 2. The van der Waals surface area contributed by atoms with E-state index in [0.717, 1.165) is 18.4 Å². The molecule has 8 atom stereocenters. The van der Waals surface area contributed by atoms with Crippen molar-refractivity contribution in [2.24, 2.45) is 34.5 Å². The summed E-state index contributed by atoms with van der Waals surface area (Å²) in [5, 5.41) is 20.5. The number of aliphatic carboxylic acids is 1. The van der Waals surface area contributed by atoms with Crippen LogP contribution in [0.2, 0.25) is 0 Å². The number of aliphatic hydroxyl groups excluding tert-OH is 1. The Labute approximate surface area is 146 Å². The van der Waals surface area contributed by atoms with Gasteiger partial charge in [0.25, 0.3) is 0 Å². The van der Waals surface area contributed by atoms with E-state index in [2.05, 4.69) is 6.92 Å². The molecular formula is C20H24O5. The molecule has 5 heteroatoms. The van der Waals surface area contributed by atoms with Crippen molar-refractivity contribution in [3.05, 3.63) is 23.8 Å². The fourth-order valence-corrected chi connectivity index (χ4v) is 7.20. The van der Waals surface area contributed by atoms with Gasteiger partial charge in [-0.05, 0) is 55.2 Å². The van der Waals surface area contributed by atoms with E-state index in [1.165, 1.54) is 0 Å². The molecule has 0 aromatic heterocycles. The van der Waals surface area contributed by atoms with Gasteiger partial charge in [-0.2, -0.15) is 0 Å². The fraction of sp³-hybridized carbons (Fsp3) is 0.700. The standard InChI is InChI=1S/C20H24O5/c1-19-5-4-10(21)6-14(19)15(22)7-11-12-2-3-13(18(23)24)20(12)8-16(17(11)19)25-9-20/h4-6,11-13,15-17,22H,2-3,7-9H2,1H3,(H,23,24)/t11-,12-,13+,15+,16-,17+,19-,20?/m0/s1. The van der Waals surface area contributed by atoms with E-state index in [4.69, 9.17) is 4.74 Å². The van der Waals surface area contributed by atoms with Crippen LogP contribution in [-0.4, -0.2) is 40.8 Å². The van der Waals surface area contributed by atoms with Gasteiger partial charge in [-0.25, -0.2) is 0 Å². The lowest BCUT2D eigenvalue weighted by molar-refractivity contribution is -0.148. The summed E-state index contributed by atoms with van der Waals surface area (Å²) in [5.74, 6) is -0.337. The predicted octanol–water partition coefficient (Wildman–Crippen LogP) is 1.95. The maximum absolute atomic E-state index is 11.9.